The molecule has 2 aromatic heterocycles. The van der Waals surface area contributed by atoms with Gasteiger partial charge < -0.3 is 9.72 Å². The summed E-state index contributed by atoms with van der Waals surface area (Å²) < 4.78 is 2.00. The molecule has 5 heteroatoms. The molecule has 0 atom stereocenters. The highest BCUT2D eigenvalue weighted by molar-refractivity contribution is 5.99. The van der Waals surface area contributed by atoms with Gasteiger partial charge >= 0.3 is 0 Å². The molecule has 1 N–H and O–H groups in total. The molecule has 0 radical (unpaired) electrons. The Balaban J connectivity index is 1.48. The van der Waals surface area contributed by atoms with Gasteiger partial charge in [0.15, 0.2) is 0 Å². The van der Waals surface area contributed by atoms with E-state index in [1.54, 1.807) is 11.0 Å². The van der Waals surface area contributed by atoms with E-state index in [4.69, 9.17) is 0 Å². The molecule has 0 saturated carbocycles. The van der Waals surface area contributed by atoms with E-state index in [1.807, 2.05) is 60.3 Å². The highest BCUT2D eigenvalue weighted by Gasteiger charge is 2.23. The number of nitrogens with zero attached hydrogens (tertiary/aromatic N) is 3. The molecule has 3 aliphatic heterocycles. The van der Waals surface area contributed by atoms with Crippen molar-refractivity contribution in [1.29, 1.82) is 0 Å². The van der Waals surface area contributed by atoms with Crippen LogP contribution in [0.15, 0.2) is 78.5 Å². The monoisotopic (exact) mass is 384 g/mol. The van der Waals surface area contributed by atoms with E-state index in [9.17, 15) is 4.79 Å². The molecule has 0 spiro atoms. The van der Waals surface area contributed by atoms with Gasteiger partial charge in [-0.3, -0.25) is 9.69 Å². The van der Waals surface area contributed by atoms with Crippen molar-refractivity contribution in [2.24, 2.45) is 5.92 Å². The lowest BCUT2D eigenvalue weighted by Gasteiger charge is -2.29. The minimum Gasteiger partial charge on any atom is -0.317 e. The van der Waals surface area contributed by atoms with Crippen LogP contribution < -0.4 is 5.32 Å². The lowest BCUT2D eigenvalue weighted by Crippen LogP contribution is -2.31. The quantitative estimate of drug-likeness (QED) is 0.858. The highest BCUT2D eigenvalue weighted by Crippen LogP contribution is 2.29. The summed E-state index contributed by atoms with van der Waals surface area (Å²) in [6.45, 7) is 4.05. The maximum absolute atomic E-state index is 13.1. The van der Waals surface area contributed by atoms with Gasteiger partial charge in [0, 0.05) is 30.4 Å². The minimum atomic E-state index is -0.0201. The number of rotatable bonds is 2. The Hall–Kier alpha value is -3.18. The predicted molar refractivity (Wildman–Crippen MR) is 115 cm³/mol. The fourth-order valence-electron chi connectivity index (χ4n) is 4.22. The first-order chi connectivity index (χ1) is 14.2. The number of fused-ring (bicyclic) bond motifs is 2. The maximum atomic E-state index is 13.1. The summed E-state index contributed by atoms with van der Waals surface area (Å²) in [5, 5.41) is 3.41. The third-order valence-electron chi connectivity index (χ3n) is 5.78. The molecule has 5 rings (SSSR count). The third-order valence-corrected chi connectivity index (χ3v) is 5.78. The zero-order valence-electron chi connectivity index (χ0n) is 16.5. The standard InChI is InChI=1S/C24H24N4O/c1-17-14-27-15-20(6-8-23(27)26-17)19-3-2-4-22-7-5-21(16-28(22)24(29)13-19)18-9-11-25-12-10-18/h2-8,13-16,18,25H,9-12H2,1H3/b3-2?,19-13?,22-4+. The van der Waals surface area contributed by atoms with Gasteiger partial charge in [-0.15, -0.1) is 0 Å². The van der Waals surface area contributed by atoms with Gasteiger partial charge in [0.25, 0.3) is 5.91 Å². The molecule has 146 valence electrons. The van der Waals surface area contributed by atoms with E-state index in [0.29, 0.717) is 5.92 Å². The van der Waals surface area contributed by atoms with E-state index in [1.165, 1.54) is 5.57 Å². The van der Waals surface area contributed by atoms with E-state index < -0.39 is 0 Å². The van der Waals surface area contributed by atoms with E-state index in [0.717, 1.165) is 54.1 Å². The van der Waals surface area contributed by atoms with Crippen LogP contribution in [0.3, 0.4) is 0 Å². The maximum Gasteiger partial charge on any atom is 0.255 e. The largest absolute Gasteiger partial charge is 0.317 e. The van der Waals surface area contributed by atoms with Crippen molar-refractivity contribution >= 4 is 17.1 Å². The van der Waals surface area contributed by atoms with Crippen molar-refractivity contribution in [1.82, 2.24) is 19.6 Å². The van der Waals surface area contributed by atoms with Gasteiger partial charge in [-0.25, -0.2) is 4.98 Å². The summed E-state index contributed by atoms with van der Waals surface area (Å²) in [7, 11) is 0. The molecule has 0 aliphatic carbocycles. The average Bonchev–Trinajstić information content (AvgIpc) is 3.11. The number of aromatic nitrogens is 2. The Morgan fingerprint density at radius 1 is 1.10 bits per heavy atom. The molecule has 0 unspecified atom stereocenters. The number of pyridine rings is 1. The van der Waals surface area contributed by atoms with E-state index in [-0.39, 0.29) is 5.91 Å². The Labute approximate surface area is 170 Å². The van der Waals surface area contributed by atoms with Crippen molar-refractivity contribution in [2.75, 3.05) is 13.1 Å². The van der Waals surface area contributed by atoms with Crippen LogP contribution >= 0.6 is 0 Å². The Morgan fingerprint density at radius 2 is 1.97 bits per heavy atom. The second kappa shape index (κ2) is 7.33. The topological polar surface area (TPSA) is 49.6 Å². The number of carbonyl (C=O) groups is 1. The molecule has 29 heavy (non-hydrogen) atoms. The summed E-state index contributed by atoms with van der Waals surface area (Å²) in [4.78, 5) is 19.4. The summed E-state index contributed by atoms with van der Waals surface area (Å²) >= 11 is 0. The van der Waals surface area contributed by atoms with Crippen LogP contribution in [-0.4, -0.2) is 33.3 Å². The Bertz CT molecular complexity index is 1120. The molecule has 3 aliphatic rings. The third kappa shape index (κ3) is 3.49. The number of hydrogen-bond acceptors (Lipinski definition) is 3. The van der Waals surface area contributed by atoms with Gasteiger partial charge in [0.05, 0.1) is 5.69 Å². The summed E-state index contributed by atoms with van der Waals surface area (Å²) in [5.41, 5.74) is 5.91. The van der Waals surface area contributed by atoms with Crippen LogP contribution in [0.5, 0.6) is 0 Å². The summed E-state index contributed by atoms with van der Waals surface area (Å²) in [5.74, 6) is 0.492. The number of nitrogens with one attached hydrogen (secondary N) is 1. The first-order valence-electron chi connectivity index (χ1n) is 10.2. The van der Waals surface area contributed by atoms with Crippen LogP contribution in [0, 0.1) is 12.8 Å². The van der Waals surface area contributed by atoms with Crippen LogP contribution in [0.25, 0.3) is 11.2 Å². The van der Waals surface area contributed by atoms with E-state index in [2.05, 4.69) is 22.5 Å². The minimum absolute atomic E-state index is 0.0201. The average molecular weight is 384 g/mol. The van der Waals surface area contributed by atoms with Crippen molar-refractivity contribution < 1.29 is 4.79 Å². The van der Waals surface area contributed by atoms with Gasteiger partial charge in [-0.2, -0.15) is 0 Å². The van der Waals surface area contributed by atoms with Crippen molar-refractivity contribution in [3.8, 4) is 0 Å². The smallest absolute Gasteiger partial charge is 0.255 e. The van der Waals surface area contributed by atoms with Gasteiger partial charge in [-0.1, -0.05) is 18.2 Å². The lowest BCUT2D eigenvalue weighted by molar-refractivity contribution is -0.122. The lowest BCUT2D eigenvalue weighted by atomic mass is 9.88. The Morgan fingerprint density at radius 3 is 2.83 bits per heavy atom. The van der Waals surface area contributed by atoms with Crippen molar-refractivity contribution in [3.63, 3.8) is 0 Å². The number of hydrogen-bond donors (Lipinski definition) is 1. The molecule has 0 aromatic carbocycles. The fourth-order valence-corrected chi connectivity index (χ4v) is 4.22. The first kappa shape index (κ1) is 17.9. The second-order valence-corrected chi connectivity index (χ2v) is 7.81. The number of piperidine rings is 1. The summed E-state index contributed by atoms with van der Waals surface area (Å²) in [6, 6.07) is 4.00. The Kier molecular flexibility index (Phi) is 4.52. The molecular weight excluding hydrogens is 360 g/mol. The molecule has 5 nitrogen and oxygen atoms in total. The van der Waals surface area contributed by atoms with Crippen molar-refractivity contribution in [2.45, 2.75) is 19.8 Å². The molecule has 1 fully saturated rings. The van der Waals surface area contributed by atoms with E-state index >= 15 is 0 Å². The SMILES string of the molecule is Cc1cn2cc(C3=CC(=O)N4C=C(C5CCNCC5)C=C/C4=C\C=C3)ccc2n1. The zero-order valence-corrected chi connectivity index (χ0v) is 16.5. The molecule has 1 amide bonds. The van der Waals surface area contributed by atoms with Crippen LogP contribution in [0.1, 0.15) is 24.1 Å². The first-order valence-corrected chi connectivity index (χ1v) is 10.2. The van der Waals surface area contributed by atoms with Crippen LogP contribution in [-0.2, 0) is 4.79 Å². The second-order valence-electron chi connectivity index (χ2n) is 7.81. The van der Waals surface area contributed by atoms with Gasteiger partial charge in [0.2, 0.25) is 0 Å². The van der Waals surface area contributed by atoms with Gasteiger partial charge in [0.1, 0.15) is 5.65 Å². The molecule has 5 heterocycles. The number of carbonyl (C=O) groups excluding carboxylic acids is 1. The predicted octanol–water partition coefficient (Wildman–Crippen LogP) is 3.76. The molecular formula is C24H24N4O. The normalized spacial score (nSPS) is 21.9. The van der Waals surface area contributed by atoms with Gasteiger partial charge in [-0.05, 0) is 79.8 Å². The summed E-state index contributed by atoms with van der Waals surface area (Å²) in [6.07, 6.45) is 20.2. The van der Waals surface area contributed by atoms with Crippen LogP contribution in [0.2, 0.25) is 0 Å². The number of imidazole rings is 1. The highest BCUT2D eigenvalue weighted by atomic mass is 16.2. The molecule has 1 saturated heterocycles. The fraction of sp³-hybridized carbons (Fsp3) is 0.250. The molecule has 0 bridgehead atoms. The zero-order chi connectivity index (χ0) is 19.8. The van der Waals surface area contributed by atoms with Crippen LogP contribution in [0.4, 0.5) is 0 Å². The van der Waals surface area contributed by atoms with Crippen molar-refractivity contribution in [3.05, 3.63) is 89.7 Å². The number of aryl methyl sites for hydroxylation is 1. The number of amides is 1. The molecule has 2 aromatic rings. The number of allylic oxidation sites excluding steroid dienone is 7.